The Labute approximate surface area is 140 Å². The lowest BCUT2D eigenvalue weighted by Crippen LogP contribution is -2.47. The first-order valence-electron chi connectivity index (χ1n) is 8.12. The highest BCUT2D eigenvalue weighted by Crippen LogP contribution is 2.27. The van der Waals surface area contributed by atoms with Crippen LogP contribution in [0.5, 0.6) is 0 Å². The number of rotatable bonds is 6. The average Bonchev–Trinajstić information content (AvgIpc) is 2.55. The van der Waals surface area contributed by atoms with Gasteiger partial charge in [0.2, 0.25) is 0 Å². The molecule has 0 bridgehead atoms. The average molecular weight is 309 g/mol. The van der Waals surface area contributed by atoms with Crippen LogP contribution in [0.1, 0.15) is 16.7 Å². The van der Waals surface area contributed by atoms with Crippen LogP contribution < -0.4 is 4.90 Å². The summed E-state index contributed by atoms with van der Waals surface area (Å²) in [4.78, 5) is 4.93. The van der Waals surface area contributed by atoms with E-state index in [4.69, 9.17) is 5.41 Å². The Bertz CT molecular complexity index is 597. The van der Waals surface area contributed by atoms with E-state index in [0.29, 0.717) is 0 Å². The van der Waals surface area contributed by atoms with E-state index in [-0.39, 0.29) is 0 Å². The normalized spacial score (nSPS) is 16.3. The Morgan fingerprint density at radius 2 is 1.74 bits per heavy atom. The highest BCUT2D eigenvalue weighted by Gasteiger charge is 2.20. The Hall–Kier alpha value is -2.13. The molecule has 1 aliphatic heterocycles. The number of aryl methyl sites for hydroxylation is 2. The molecule has 0 atom stereocenters. The Kier molecular flexibility index (Phi) is 5.94. The van der Waals surface area contributed by atoms with E-state index in [1.807, 2.05) is 18.2 Å². The summed E-state index contributed by atoms with van der Waals surface area (Å²) in [6.07, 6.45) is 7.19. The Balaban J connectivity index is 2.05. The summed E-state index contributed by atoms with van der Waals surface area (Å²) in [6.45, 7) is 17.0. The van der Waals surface area contributed by atoms with E-state index in [2.05, 4.69) is 48.9 Å². The van der Waals surface area contributed by atoms with Crippen LogP contribution in [0.4, 0.5) is 5.69 Å². The van der Waals surface area contributed by atoms with Crippen LogP contribution in [0.25, 0.3) is 0 Å². The van der Waals surface area contributed by atoms with Crippen LogP contribution in [0, 0.1) is 19.3 Å². The largest absolute Gasteiger partial charge is 0.369 e. The van der Waals surface area contributed by atoms with Crippen LogP contribution in [0.3, 0.4) is 0 Å². The van der Waals surface area contributed by atoms with Gasteiger partial charge in [-0.15, -0.1) is 0 Å². The Morgan fingerprint density at radius 3 is 2.22 bits per heavy atom. The maximum absolute atomic E-state index is 7.43. The second-order valence-electron chi connectivity index (χ2n) is 6.09. The third-order valence-electron chi connectivity index (χ3n) is 4.37. The standard InChI is InChI=1S/C20H27N3/c1-5-7-18(6-2)15-22-8-10-23(11-9-22)20-16(3)12-19(14-21)13-17(20)4/h5-7,12-14,21H,1-2,8-11,15H2,3-4H3/b18-7+,21-14?. The second-order valence-corrected chi connectivity index (χ2v) is 6.09. The van der Waals surface area contributed by atoms with Gasteiger partial charge in [-0.25, -0.2) is 0 Å². The molecule has 0 saturated carbocycles. The van der Waals surface area contributed by atoms with Gasteiger partial charge >= 0.3 is 0 Å². The third kappa shape index (κ3) is 4.20. The fourth-order valence-electron chi connectivity index (χ4n) is 3.30. The van der Waals surface area contributed by atoms with Crippen molar-refractivity contribution in [3.63, 3.8) is 0 Å². The zero-order valence-electron chi connectivity index (χ0n) is 14.3. The molecule has 2 rings (SSSR count). The zero-order chi connectivity index (χ0) is 16.8. The van der Waals surface area contributed by atoms with Gasteiger partial charge in [-0.2, -0.15) is 0 Å². The zero-order valence-corrected chi connectivity index (χ0v) is 14.3. The van der Waals surface area contributed by atoms with Crippen molar-refractivity contribution in [2.45, 2.75) is 13.8 Å². The highest BCUT2D eigenvalue weighted by molar-refractivity contribution is 5.80. The molecule has 3 nitrogen and oxygen atoms in total. The minimum Gasteiger partial charge on any atom is -0.369 e. The van der Waals surface area contributed by atoms with Crippen molar-refractivity contribution in [2.75, 3.05) is 37.6 Å². The van der Waals surface area contributed by atoms with E-state index in [1.54, 1.807) is 0 Å². The van der Waals surface area contributed by atoms with Crippen LogP contribution in [0.2, 0.25) is 0 Å². The minimum atomic E-state index is 0.939. The fraction of sp³-hybridized carbons (Fsp3) is 0.350. The number of piperazine rings is 1. The fourth-order valence-corrected chi connectivity index (χ4v) is 3.30. The van der Waals surface area contributed by atoms with Crippen molar-refractivity contribution >= 4 is 11.9 Å². The summed E-state index contributed by atoms with van der Waals surface area (Å²) in [6, 6.07) is 4.20. The minimum absolute atomic E-state index is 0.939. The number of hydrogen-bond donors (Lipinski definition) is 1. The molecule has 1 fully saturated rings. The summed E-state index contributed by atoms with van der Waals surface area (Å²) in [5.41, 5.74) is 6.05. The monoisotopic (exact) mass is 309 g/mol. The molecule has 1 heterocycles. The van der Waals surface area contributed by atoms with E-state index >= 15 is 0 Å². The van der Waals surface area contributed by atoms with Gasteiger partial charge in [-0.3, -0.25) is 4.90 Å². The molecule has 1 aromatic rings. The number of hydrogen-bond acceptors (Lipinski definition) is 3. The predicted molar refractivity (Wildman–Crippen MR) is 101 cm³/mol. The Morgan fingerprint density at radius 1 is 1.13 bits per heavy atom. The van der Waals surface area contributed by atoms with Crippen molar-refractivity contribution in [3.05, 3.63) is 65.8 Å². The first-order chi connectivity index (χ1) is 11.1. The molecule has 0 aliphatic carbocycles. The molecule has 23 heavy (non-hydrogen) atoms. The molecule has 1 aromatic carbocycles. The van der Waals surface area contributed by atoms with Gasteiger partial charge < -0.3 is 10.3 Å². The molecule has 0 unspecified atom stereocenters. The number of nitrogens with one attached hydrogen (secondary N) is 1. The lowest BCUT2D eigenvalue weighted by molar-refractivity contribution is 0.280. The molecule has 122 valence electrons. The van der Waals surface area contributed by atoms with Gasteiger partial charge in [-0.1, -0.05) is 31.4 Å². The maximum Gasteiger partial charge on any atom is 0.0426 e. The smallest absolute Gasteiger partial charge is 0.0426 e. The number of anilines is 1. The van der Waals surface area contributed by atoms with Crippen molar-refractivity contribution in [2.24, 2.45) is 0 Å². The summed E-state index contributed by atoms with van der Waals surface area (Å²) in [5, 5.41) is 7.43. The number of nitrogens with zero attached hydrogens (tertiary/aromatic N) is 2. The molecule has 0 amide bonds. The van der Waals surface area contributed by atoms with Crippen molar-refractivity contribution in [3.8, 4) is 0 Å². The van der Waals surface area contributed by atoms with Gasteiger partial charge in [0.05, 0.1) is 0 Å². The van der Waals surface area contributed by atoms with Crippen molar-refractivity contribution < 1.29 is 0 Å². The molecule has 1 aliphatic rings. The summed E-state index contributed by atoms with van der Waals surface area (Å²) >= 11 is 0. The predicted octanol–water partition coefficient (Wildman–Crippen LogP) is 3.72. The molecule has 3 heteroatoms. The van der Waals surface area contributed by atoms with E-state index in [1.165, 1.54) is 28.6 Å². The first kappa shape index (κ1) is 17.2. The number of benzene rings is 1. The maximum atomic E-state index is 7.43. The van der Waals surface area contributed by atoms with Gasteiger partial charge in [0.25, 0.3) is 0 Å². The van der Waals surface area contributed by atoms with Crippen LogP contribution in [0.15, 0.2) is 49.1 Å². The van der Waals surface area contributed by atoms with Crippen LogP contribution in [-0.2, 0) is 0 Å². The van der Waals surface area contributed by atoms with Gasteiger partial charge in [0, 0.05) is 44.6 Å². The van der Waals surface area contributed by atoms with Crippen LogP contribution in [-0.4, -0.2) is 43.8 Å². The molecule has 0 spiro atoms. The van der Waals surface area contributed by atoms with Gasteiger partial charge in [0.15, 0.2) is 0 Å². The highest BCUT2D eigenvalue weighted by atomic mass is 15.3. The molecule has 1 N–H and O–H groups in total. The molecular formula is C20H27N3. The lowest BCUT2D eigenvalue weighted by atomic mass is 10.0. The van der Waals surface area contributed by atoms with Crippen LogP contribution >= 0.6 is 0 Å². The molecule has 1 saturated heterocycles. The molecular weight excluding hydrogens is 282 g/mol. The van der Waals surface area contributed by atoms with E-state index < -0.39 is 0 Å². The second kappa shape index (κ2) is 7.93. The first-order valence-corrected chi connectivity index (χ1v) is 8.12. The van der Waals surface area contributed by atoms with Gasteiger partial charge in [-0.05, 0) is 48.2 Å². The lowest BCUT2D eigenvalue weighted by Gasteiger charge is -2.37. The number of allylic oxidation sites excluding steroid dienone is 2. The van der Waals surface area contributed by atoms with E-state index in [0.717, 1.165) is 38.3 Å². The molecule has 0 aromatic heterocycles. The summed E-state index contributed by atoms with van der Waals surface area (Å²) in [5.74, 6) is 0. The van der Waals surface area contributed by atoms with E-state index in [9.17, 15) is 0 Å². The summed E-state index contributed by atoms with van der Waals surface area (Å²) in [7, 11) is 0. The van der Waals surface area contributed by atoms with Crippen molar-refractivity contribution in [1.82, 2.24) is 4.90 Å². The topological polar surface area (TPSA) is 30.3 Å². The molecule has 0 radical (unpaired) electrons. The quantitative estimate of drug-likeness (QED) is 0.641. The summed E-state index contributed by atoms with van der Waals surface area (Å²) < 4.78 is 0. The van der Waals surface area contributed by atoms with Gasteiger partial charge in [0.1, 0.15) is 0 Å². The SMILES string of the molecule is C=C/C=C(\C=C)CN1CCN(c2c(C)cc(C=N)cc2C)CC1. The third-order valence-corrected chi connectivity index (χ3v) is 4.37. The van der Waals surface area contributed by atoms with Crippen molar-refractivity contribution in [1.29, 1.82) is 5.41 Å².